The topological polar surface area (TPSA) is 132 Å². The van der Waals surface area contributed by atoms with Gasteiger partial charge in [0.2, 0.25) is 15.8 Å². The summed E-state index contributed by atoms with van der Waals surface area (Å²) in [6.45, 7) is 2.11. The Balaban J connectivity index is 1.95. The van der Waals surface area contributed by atoms with Crippen LogP contribution in [0.15, 0.2) is 53.6 Å². The van der Waals surface area contributed by atoms with E-state index in [-0.39, 0.29) is 36.0 Å². The summed E-state index contributed by atoms with van der Waals surface area (Å²) in [6, 6.07) is 10.5. The van der Waals surface area contributed by atoms with Crippen molar-refractivity contribution in [3.05, 3.63) is 58.8 Å². The van der Waals surface area contributed by atoms with Crippen molar-refractivity contribution in [2.24, 2.45) is 5.92 Å². The van der Waals surface area contributed by atoms with Crippen LogP contribution in [0.3, 0.4) is 0 Å². The van der Waals surface area contributed by atoms with Gasteiger partial charge in [0.05, 0.1) is 28.5 Å². The molecular weight excluding hydrogens is 412 g/mol. The fourth-order valence-corrected chi connectivity index (χ4v) is 4.64. The number of benzene rings is 1. The molecule has 10 nitrogen and oxygen atoms in total. The van der Waals surface area contributed by atoms with Crippen LogP contribution in [0.5, 0.6) is 0 Å². The van der Waals surface area contributed by atoms with E-state index in [0.717, 1.165) is 0 Å². The van der Waals surface area contributed by atoms with Crippen molar-refractivity contribution >= 4 is 27.5 Å². The number of nitro groups is 1. The predicted molar refractivity (Wildman–Crippen MR) is 108 cm³/mol. The summed E-state index contributed by atoms with van der Waals surface area (Å²) in [6.07, 6.45) is 0.948. The zero-order valence-corrected chi connectivity index (χ0v) is 17.1. The highest BCUT2D eigenvalue weighted by Gasteiger charge is 2.38. The van der Waals surface area contributed by atoms with Crippen molar-refractivity contribution < 1.29 is 22.9 Å². The number of hydrogen-bond donors (Lipinski definition) is 1. The number of aromatic nitrogens is 1. The van der Waals surface area contributed by atoms with E-state index >= 15 is 0 Å². The molecular formula is C19H22N4O6S. The molecule has 160 valence electrons. The number of nitrogens with one attached hydrogen (secondary N) is 1. The molecule has 2 aromatic rings. The number of ether oxygens (including phenoxy) is 1. The highest BCUT2D eigenvalue weighted by molar-refractivity contribution is 7.89. The molecule has 1 aliphatic rings. The average Bonchev–Trinajstić information content (AvgIpc) is 2.74. The molecule has 0 amide bonds. The third kappa shape index (κ3) is 4.74. The summed E-state index contributed by atoms with van der Waals surface area (Å²) >= 11 is 0. The molecule has 2 atom stereocenters. The Morgan fingerprint density at radius 3 is 2.70 bits per heavy atom. The predicted octanol–water partition coefficient (Wildman–Crippen LogP) is 2.07. The van der Waals surface area contributed by atoms with Crippen LogP contribution in [0, 0.1) is 16.0 Å². The summed E-state index contributed by atoms with van der Waals surface area (Å²) in [5.41, 5.74) is -0.240. The number of rotatable bonds is 7. The maximum absolute atomic E-state index is 12.9. The highest BCUT2D eigenvalue weighted by Crippen LogP contribution is 2.32. The van der Waals surface area contributed by atoms with Crippen LogP contribution >= 0.6 is 0 Å². The SMILES string of the molecule is CCOC(=O)C1CCN(c2ncccc2[N+](=O)[O-])C(NS(=O)(=O)c2ccccc2)C1. The van der Waals surface area contributed by atoms with Crippen LogP contribution in [-0.2, 0) is 19.6 Å². The molecule has 1 fully saturated rings. The van der Waals surface area contributed by atoms with Gasteiger partial charge in [-0.1, -0.05) is 18.2 Å². The average molecular weight is 434 g/mol. The van der Waals surface area contributed by atoms with Crippen molar-refractivity contribution in [2.75, 3.05) is 18.1 Å². The van der Waals surface area contributed by atoms with Gasteiger partial charge in [-0.15, -0.1) is 0 Å². The summed E-state index contributed by atoms with van der Waals surface area (Å²) in [4.78, 5) is 28.8. The third-order valence-electron chi connectivity index (χ3n) is 4.80. The molecule has 2 heterocycles. The first kappa shape index (κ1) is 21.7. The molecule has 0 saturated carbocycles. The Morgan fingerprint density at radius 2 is 2.03 bits per heavy atom. The van der Waals surface area contributed by atoms with Gasteiger partial charge in [-0.25, -0.2) is 13.4 Å². The molecule has 0 bridgehead atoms. The van der Waals surface area contributed by atoms with Crippen molar-refractivity contribution in [1.82, 2.24) is 9.71 Å². The maximum Gasteiger partial charge on any atom is 0.311 e. The molecule has 1 aromatic heterocycles. The van der Waals surface area contributed by atoms with Crippen LogP contribution in [0.2, 0.25) is 0 Å². The van der Waals surface area contributed by atoms with Crippen molar-refractivity contribution in [1.29, 1.82) is 0 Å². The van der Waals surface area contributed by atoms with E-state index in [1.807, 2.05) is 0 Å². The summed E-state index contributed by atoms with van der Waals surface area (Å²) in [5.74, 6) is -0.908. The van der Waals surface area contributed by atoms with Gasteiger partial charge in [-0.3, -0.25) is 14.9 Å². The number of nitrogens with zero attached hydrogens (tertiary/aromatic N) is 3. The number of piperidine rings is 1. The number of sulfonamides is 1. The molecule has 0 spiro atoms. The first-order valence-electron chi connectivity index (χ1n) is 9.43. The van der Waals surface area contributed by atoms with E-state index in [4.69, 9.17) is 4.74 Å². The monoisotopic (exact) mass is 434 g/mol. The van der Waals surface area contributed by atoms with Crippen LogP contribution in [0.4, 0.5) is 11.5 Å². The Labute approximate surface area is 174 Å². The fraction of sp³-hybridized carbons (Fsp3) is 0.368. The summed E-state index contributed by atoms with van der Waals surface area (Å²) < 4.78 is 33.4. The van der Waals surface area contributed by atoms with Crippen LogP contribution in [0.25, 0.3) is 0 Å². The van der Waals surface area contributed by atoms with Crippen molar-refractivity contribution in [3.8, 4) is 0 Å². The normalized spacial score (nSPS) is 19.3. The maximum atomic E-state index is 12.9. The number of carbonyl (C=O) groups excluding carboxylic acids is 1. The molecule has 1 saturated heterocycles. The number of esters is 1. The molecule has 3 rings (SSSR count). The minimum atomic E-state index is -3.94. The second-order valence-electron chi connectivity index (χ2n) is 6.72. The molecule has 11 heteroatoms. The van der Waals surface area contributed by atoms with Gasteiger partial charge in [-0.2, -0.15) is 4.72 Å². The van der Waals surface area contributed by atoms with E-state index in [1.165, 1.54) is 35.4 Å². The molecule has 0 radical (unpaired) electrons. The smallest absolute Gasteiger partial charge is 0.311 e. The fourth-order valence-electron chi connectivity index (χ4n) is 3.40. The van der Waals surface area contributed by atoms with E-state index in [9.17, 15) is 23.3 Å². The molecule has 1 aromatic carbocycles. The highest BCUT2D eigenvalue weighted by atomic mass is 32.2. The third-order valence-corrected chi connectivity index (χ3v) is 6.28. The lowest BCUT2D eigenvalue weighted by Crippen LogP contribution is -2.54. The standard InChI is InChI=1S/C19H22N4O6S/c1-2-29-19(24)14-10-12-22(18-16(23(25)26)9-6-11-20-18)17(13-14)21-30(27,28)15-7-4-3-5-8-15/h3-9,11,14,17,21H,2,10,12-13H2,1H3. The molecule has 0 aliphatic carbocycles. The molecule has 2 unspecified atom stereocenters. The Kier molecular flexibility index (Phi) is 6.63. The lowest BCUT2D eigenvalue weighted by Gasteiger charge is -2.39. The van der Waals surface area contributed by atoms with Crippen LogP contribution in [0.1, 0.15) is 19.8 Å². The Bertz CT molecular complexity index is 1010. The zero-order valence-electron chi connectivity index (χ0n) is 16.3. The Hall–Kier alpha value is -3.05. The zero-order chi connectivity index (χ0) is 21.7. The van der Waals surface area contributed by atoms with Gasteiger partial charge in [-0.05, 0) is 38.0 Å². The lowest BCUT2D eigenvalue weighted by atomic mass is 9.94. The quantitative estimate of drug-likeness (QED) is 0.398. The van der Waals surface area contributed by atoms with E-state index in [2.05, 4.69) is 9.71 Å². The number of carbonyl (C=O) groups is 1. The first-order valence-corrected chi connectivity index (χ1v) is 10.9. The van der Waals surface area contributed by atoms with Gasteiger partial charge < -0.3 is 9.64 Å². The van der Waals surface area contributed by atoms with Gasteiger partial charge in [0.1, 0.15) is 0 Å². The van der Waals surface area contributed by atoms with Crippen molar-refractivity contribution in [3.63, 3.8) is 0 Å². The summed E-state index contributed by atoms with van der Waals surface area (Å²) in [7, 11) is -3.94. The lowest BCUT2D eigenvalue weighted by molar-refractivity contribution is -0.384. The number of hydrogen-bond acceptors (Lipinski definition) is 8. The van der Waals surface area contributed by atoms with Gasteiger partial charge >= 0.3 is 11.7 Å². The van der Waals surface area contributed by atoms with Gasteiger partial charge in [0.15, 0.2) is 0 Å². The molecule has 30 heavy (non-hydrogen) atoms. The van der Waals surface area contributed by atoms with E-state index in [0.29, 0.717) is 6.42 Å². The summed E-state index contributed by atoms with van der Waals surface area (Å²) in [5, 5.41) is 11.5. The largest absolute Gasteiger partial charge is 0.466 e. The van der Waals surface area contributed by atoms with E-state index < -0.39 is 33.0 Å². The van der Waals surface area contributed by atoms with Crippen LogP contribution < -0.4 is 9.62 Å². The number of anilines is 1. The molecule has 1 N–H and O–H groups in total. The van der Waals surface area contributed by atoms with E-state index in [1.54, 1.807) is 25.1 Å². The van der Waals surface area contributed by atoms with Crippen molar-refractivity contribution in [2.45, 2.75) is 30.8 Å². The number of pyridine rings is 1. The second kappa shape index (κ2) is 9.18. The Morgan fingerprint density at radius 1 is 1.30 bits per heavy atom. The molecule has 1 aliphatic heterocycles. The first-order chi connectivity index (χ1) is 14.3. The van der Waals surface area contributed by atoms with Crippen LogP contribution in [-0.4, -0.2) is 43.6 Å². The van der Waals surface area contributed by atoms with Gasteiger partial charge in [0, 0.05) is 18.8 Å². The van der Waals surface area contributed by atoms with Gasteiger partial charge in [0.25, 0.3) is 0 Å². The minimum Gasteiger partial charge on any atom is -0.466 e. The second-order valence-corrected chi connectivity index (χ2v) is 8.43. The minimum absolute atomic E-state index is 0.0468.